The number of nitriles is 1. The summed E-state index contributed by atoms with van der Waals surface area (Å²) in [5, 5.41) is 16.7. The zero-order valence-corrected chi connectivity index (χ0v) is 18.4. The molecule has 2 N–H and O–H groups in total. The second-order valence-corrected chi connectivity index (χ2v) is 7.98. The van der Waals surface area contributed by atoms with Crippen molar-refractivity contribution in [3.05, 3.63) is 87.6 Å². The van der Waals surface area contributed by atoms with E-state index in [1.54, 1.807) is 6.92 Å². The van der Waals surface area contributed by atoms with Crippen molar-refractivity contribution in [2.45, 2.75) is 19.8 Å². The Bertz CT molecular complexity index is 1100. The lowest BCUT2D eigenvalue weighted by molar-refractivity contribution is -0.137. The van der Waals surface area contributed by atoms with Crippen LogP contribution in [-0.4, -0.2) is 24.7 Å². The van der Waals surface area contributed by atoms with Crippen molar-refractivity contribution in [3.8, 4) is 6.07 Å². The highest BCUT2D eigenvalue weighted by atomic mass is 32.2. The Morgan fingerprint density at radius 2 is 1.81 bits per heavy atom. The number of ether oxygens (including phenoxy) is 1. The van der Waals surface area contributed by atoms with Gasteiger partial charge in [0.1, 0.15) is 0 Å². The number of aryl methyl sites for hydroxylation is 1. The monoisotopic (exact) mass is 433 g/mol. The molecule has 0 fully saturated rings. The Kier molecular flexibility index (Phi) is 7.16. The van der Waals surface area contributed by atoms with E-state index in [4.69, 9.17) is 4.74 Å². The van der Waals surface area contributed by atoms with Gasteiger partial charge >= 0.3 is 5.97 Å². The molecule has 1 amide bonds. The predicted molar refractivity (Wildman–Crippen MR) is 122 cm³/mol. The lowest BCUT2D eigenvalue weighted by Gasteiger charge is -2.30. The summed E-state index contributed by atoms with van der Waals surface area (Å²) in [6.07, 6.45) is 0. The summed E-state index contributed by atoms with van der Waals surface area (Å²) in [4.78, 5) is 25.0. The highest BCUT2D eigenvalue weighted by Crippen LogP contribution is 2.41. The van der Waals surface area contributed by atoms with E-state index in [1.165, 1.54) is 18.9 Å². The van der Waals surface area contributed by atoms with Gasteiger partial charge in [0.25, 0.3) is 5.91 Å². The van der Waals surface area contributed by atoms with Crippen LogP contribution in [0.1, 0.15) is 24.0 Å². The number of amides is 1. The van der Waals surface area contributed by atoms with Crippen LogP contribution in [0, 0.1) is 18.3 Å². The third-order valence-corrected chi connectivity index (χ3v) is 5.97. The Morgan fingerprint density at radius 1 is 1.13 bits per heavy atom. The number of carbonyl (C=O) groups excluding carboxylic acids is 2. The number of carbonyl (C=O) groups is 2. The number of nitrogens with zero attached hydrogens (tertiary/aromatic N) is 1. The summed E-state index contributed by atoms with van der Waals surface area (Å²) < 4.78 is 4.72. The molecule has 0 radical (unpaired) electrons. The minimum absolute atomic E-state index is 0.0591. The van der Waals surface area contributed by atoms with Gasteiger partial charge in [0, 0.05) is 17.0 Å². The Hall–Kier alpha value is -3.50. The molecule has 6 nitrogen and oxygen atoms in total. The van der Waals surface area contributed by atoms with Crippen molar-refractivity contribution in [2.24, 2.45) is 0 Å². The maximum atomic E-state index is 13.4. The fourth-order valence-electron chi connectivity index (χ4n) is 3.40. The number of nitrogens with one attached hydrogen (secondary N) is 2. The first-order valence-electron chi connectivity index (χ1n) is 9.69. The molecule has 1 aliphatic rings. The SMILES string of the molecule is COC(=O)CSC1=C(C#N)[C@@H](c2ccccc2)C(C(=O)Nc2ccccc2C)=C(C)N1. The average molecular weight is 434 g/mol. The molecule has 2 aromatic rings. The third kappa shape index (κ3) is 4.98. The molecule has 1 heterocycles. The van der Waals surface area contributed by atoms with Crippen LogP contribution >= 0.6 is 11.8 Å². The van der Waals surface area contributed by atoms with Gasteiger partial charge in [-0.25, -0.2) is 0 Å². The summed E-state index contributed by atoms with van der Waals surface area (Å²) >= 11 is 1.19. The van der Waals surface area contributed by atoms with Crippen LogP contribution in [0.5, 0.6) is 0 Å². The van der Waals surface area contributed by atoms with Crippen molar-refractivity contribution in [1.29, 1.82) is 5.26 Å². The van der Waals surface area contributed by atoms with Gasteiger partial charge in [0.05, 0.1) is 35.5 Å². The molecule has 0 aromatic heterocycles. The van der Waals surface area contributed by atoms with Crippen molar-refractivity contribution in [1.82, 2.24) is 5.32 Å². The van der Waals surface area contributed by atoms with Crippen LogP contribution in [0.15, 0.2) is 76.5 Å². The molecular weight excluding hydrogens is 410 g/mol. The Balaban J connectivity index is 2.03. The minimum atomic E-state index is -0.559. The number of hydrogen-bond acceptors (Lipinski definition) is 6. The zero-order chi connectivity index (χ0) is 22.4. The number of dihydropyridines is 1. The molecular formula is C24H23N3O3S. The molecule has 0 unspecified atom stereocenters. The van der Waals surface area contributed by atoms with Gasteiger partial charge in [-0.2, -0.15) is 5.26 Å². The van der Waals surface area contributed by atoms with Crippen LogP contribution in [-0.2, 0) is 14.3 Å². The predicted octanol–water partition coefficient (Wildman–Crippen LogP) is 4.24. The molecule has 0 saturated heterocycles. The van der Waals surface area contributed by atoms with E-state index < -0.39 is 11.9 Å². The van der Waals surface area contributed by atoms with E-state index in [2.05, 4.69) is 16.7 Å². The number of benzene rings is 2. The first-order chi connectivity index (χ1) is 15.0. The van der Waals surface area contributed by atoms with Gasteiger partial charge in [-0.1, -0.05) is 60.3 Å². The Morgan fingerprint density at radius 3 is 2.45 bits per heavy atom. The highest BCUT2D eigenvalue weighted by Gasteiger charge is 2.34. The summed E-state index contributed by atoms with van der Waals surface area (Å²) in [7, 11) is 1.32. The molecule has 0 saturated carbocycles. The normalized spacial score (nSPS) is 15.7. The van der Waals surface area contributed by atoms with Gasteiger partial charge in [0.15, 0.2) is 0 Å². The smallest absolute Gasteiger partial charge is 0.316 e. The van der Waals surface area contributed by atoms with Crippen molar-refractivity contribution < 1.29 is 14.3 Å². The molecule has 2 aromatic carbocycles. The topological polar surface area (TPSA) is 91.2 Å². The lowest BCUT2D eigenvalue weighted by atomic mass is 9.82. The fourth-order valence-corrected chi connectivity index (χ4v) is 4.32. The summed E-state index contributed by atoms with van der Waals surface area (Å²) in [6.45, 7) is 3.72. The second-order valence-electron chi connectivity index (χ2n) is 7.00. The van der Waals surface area contributed by atoms with Crippen LogP contribution in [0.2, 0.25) is 0 Å². The zero-order valence-electron chi connectivity index (χ0n) is 17.6. The van der Waals surface area contributed by atoms with Gasteiger partial charge in [-0.05, 0) is 31.0 Å². The van der Waals surface area contributed by atoms with Gasteiger partial charge in [0.2, 0.25) is 0 Å². The number of allylic oxidation sites excluding steroid dienone is 2. The van der Waals surface area contributed by atoms with E-state index in [0.717, 1.165) is 11.1 Å². The van der Waals surface area contributed by atoms with Crippen molar-refractivity contribution in [2.75, 3.05) is 18.2 Å². The minimum Gasteiger partial charge on any atom is -0.468 e. The van der Waals surface area contributed by atoms with Gasteiger partial charge < -0.3 is 15.4 Å². The number of rotatable bonds is 6. The third-order valence-electron chi connectivity index (χ3n) is 4.98. The van der Waals surface area contributed by atoms with E-state index >= 15 is 0 Å². The number of hydrogen-bond donors (Lipinski definition) is 2. The van der Waals surface area contributed by atoms with Gasteiger partial charge in [-0.15, -0.1) is 0 Å². The average Bonchev–Trinajstić information content (AvgIpc) is 2.78. The number of anilines is 1. The van der Waals surface area contributed by atoms with Crippen molar-refractivity contribution in [3.63, 3.8) is 0 Å². The number of esters is 1. The summed E-state index contributed by atoms with van der Waals surface area (Å²) in [6, 6.07) is 19.2. The number of para-hydroxylation sites is 1. The molecule has 7 heteroatoms. The van der Waals surface area contributed by atoms with Gasteiger partial charge in [-0.3, -0.25) is 9.59 Å². The molecule has 0 spiro atoms. The number of thioether (sulfide) groups is 1. The van der Waals surface area contributed by atoms with Crippen LogP contribution in [0.25, 0.3) is 0 Å². The van der Waals surface area contributed by atoms with Crippen molar-refractivity contribution >= 4 is 29.3 Å². The van der Waals surface area contributed by atoms with E-state index in [1.807, 2.05) is 61.5 Å². The standard InChI is InChI=1S/C24H23N3O3S/c1-15-9-7-8-12-19(15)27-23(29)21-16(2)26-24(31-14-20(28)30-3)18(13-25)22(21)17-10-5-4-6-11-17/h4-12,22,26H,14H2,1-3H3,(H,27,29)/t22-/m1/s1. The molecule has 0 aliphatic carbocycles. The summed E-state index contributed by atoms with van der Waals surface area (Å²) in [5.41, 5.74) is 3.97. The maximum absolute atomic E-state index is 13.4. The molecule has 31 heavy (non-hydrogen) atoms. The maximum Gasteiger partial charge on any atom is 0.316 e. The quantitative estimate of drug-likeness (QED) is 0.663. The summed E-state index contributed by atoms with van der Waals surface area (Å²) in [5.74, 6) is -1.17. The largest absolute Gasteiger partial charge is 0.468 e. The molecule has 3 rings (SSSR count). The van der Waals surface area contributed by atoms with E-state index in [9.17, 15) is 14.9 Å². The first kappa shape index (κ1) is 22.2. The van der Waals surface area contributed by atoms with Crippen LogP contribution in [0.3, 0.4) is 0 Å². The first-order valence-corrected chi connectivity index (χ1v) is 10.7. The second kappa shape index (κ2) is 10.0. The fraction of sp³-hybridized carbons (Fsp3) is 0.208. The molecule has 0 bridgehead atoms. The molecule has 1 atom stereocenters. The highest BCUT2D eigenvalue weighted by molar-refractivity contribution is 8.03. The van der Waals surface area contributed by atoms with Crippen LogP contribution < -0.4 is 10.6 Å². The Labute approximate surface area is 186 Å². The lowest BCUT2D eigenvalue weighted by Crippen LogP contribution is -2.31. The molecule has 1 aliphatic heterocycles. The van der Waals surface area contributed by atoms with Crippen LogP contribution in [0.4, 0.5) is 5.69 Å². The van der Waals surface area contributed by atoms with E-state index in [0.29, 0.717) is 27.6 Å². The van der Waals surface area contributed by atoms with E-state index in [-0.39, 0.29) is 11.7 Å². The molecule has 158 valence electrons. The number of methoxy groups -OCH3 is 1.